The predicted molar refractivity (Wildman–Crippen MR) is 120 cm³/mol. The SMILES string of the molecule is CCCCCCCCCCCCCCC(O)CN(C(O)CCC)C(O)CCC. The normalized spacial score (nSPS) is 15.1. The van der Waals surface area contributed by atoms with E-state index in [1.807, 2.05) is 13.8 Å². The molecule has 0 fully saturated rings. The van der Waals surface area contributed by atoms with Gasteiger partial charge in [0.15, 0.2) is 0 Å². The molecular weight excluding hydrogens is 350 g/mol. The summed E-state index contributed by atoms with van der Waals surface area (Å²) in [5.74, 6) is 0. The summed E-state index contributed by atoms with van der Waals surface area (Å²) in [4.78, 5) is 1.68. The first kappa shape index (κ1) is 27.8. The van der Waals surface area contributed by atoms with Crippen LogP contribution in [0.4, 0.5) is 0 Å². The molecule has 0 saturated carbocycles. The van der Waals surface area contributed by atoms with Crippen molar-refractivity contribution in [3.05, 3.63) is 0 Å². The van der Waals surface area contributed by atoms with Crippen LogP contribution >= 0.6 is 0 Å². The van der Waals surface area contributed by atoms with E-state index in [-0.39, 0.29) is 0 Å². The standard InChI is InChI=1S/C24H51NO3/c1-4-7-8-9-10-11-12-13-14-15-16-17-20-22(26)21-25(23(27)18-5-2)24(28)19-6-3/h22-24,26-28H,4-21H2,1-3H3. The number of hydrogen-bond acceptors (Lipinski definition) is 4. The van der Waals surface area contributed by atoms with Crippen molar-refractivity contribution in [1.29, 1.82) is 0 Å². The molecule has 0 aliphatic carbocycles. The maximum Gasteiger partial charge on any atom is 0.109 e. The zero-order chi connectivity index (χ0) is 21.0. The van der Waals surface area contributed by atoms with Crippen molar-refractivity contribution in [2.45, 2.75) is 148 Å². The Morgan fingerprint density at radius 1 is 0.500 bits per heavy atom. The average molecular weight is 402 g/mol. The summed E-state index contributed by atoms with van der Waals surface area (Å²) in [6.45, 7) is 6.67. The summed E-state index contributed by atoms with van der Waals surface area (Å²) in [5.41, 5.74) is 0. The van der Waals surface area contributed by atoms with E-state index in [0.717, 1.165) is 25.7 Å². The Labute approximate surface area is 175 Å². The van der Waals surface area contributed by atoms with Gasteiger partial charge in [0, 0.05) is 6.54 Å². The third-order valence-corrected chi connectivity index (χ3v) is 5.67. The summed E-state index contributed by atoms with van der Waals surface area (Å²) in [7, 11) is 0. The number of unbranched alkanes of at least 4 members (excludes halogenated alkanes) is 11. The van der Waals surface area contributed by atoms with Crippen LogP contribution in [0.15, 0.2) is 0 Å². The van der Waals surface area contributed by atoms with Gasteiger partial charge in [0.1, 0.15) is 12.5 Å². The number of hydrogen-bond donors (Lipinski definition) is 3. The molecule has 4 heteroatoms. The number of nitrogens with zero attached hydrogens (tertiary/aromatic N) is 1. The monoisotopic (exact) mass is 401 g/mol. The summed E-state index contributed by atoms with van der Waals surface area (Å²) < 4.78 is 0. The van der Waals surface area contributed by atoms with Gasteiger partial charge >= 0.3 is 0 Å². The summed E-state index contributed by atoms with van der Waals surface area (Å²) in [5, 5.41) is 30.9. The molecule has 28 heavy (non-hydrogen) atoms. The first-order valence-corrected chi connectivity index (χ1v) is 12.4. The van der Waals surface area contributed by atoms with Crippen LogP contribution in [0.1, 0.15) is 130 Å². The lowest BCUT2D eigenvalue weighted by Gasteiger charge is -2.33. The van der Waals surface area contributed by atoms with Crippen molar-refractivity contribution in [2.75, 3.05) is 6.54 Å². The van der Waals surface area contributed by atoms with Gasteiger partial charge in [0.2, 0.25) is 0 Å². The third-order valence-electron chi connectivity index (χ3n) is 5.67. The molecule has 3 N–H and O–H groups in total. The molecule has 0 saturated heterocycles. The Bertz CT molecular complexity index is 302. The topological polar surface area (TPSA) is 63.9 Å². The van der Waals surface area contributed by atoms with Crippen molar-refractivity contribution < 1.29 is 15.3 Å². The zero-order valence-electron chi connectivity index (χ0n) is 19.2. The van der Waals surface area contributed by atoms with E-state index in [2.05, 4.69) is 6.92 Å². The van der Waals surface area contributed by atoms with Crippen LogP contribution in [-0.2, 0) is 0 Å². The molecule has 4 nitrogen and oxygen atoms in total. The molecule has 0 aliphatic rings. The molecule has 0 rings (SSSR count). The van der Waals surface area contributed by atoms with Crippen LogP contribution in [-0.4, -0.2) is 45.3 Å². The van der Waals surface area contributed by atoms with E-state index in [0.29, 0.717) is 19.4 Å². The fourth-order valence-corrected chi connectivity index (χ4v) is 3.85. The number of rotatable bonds is 21. The molecule has 170 valence electrons. The highest BCUT2D eigenvalue weighted by molar-refractivity contribution is 4.70. The van der Waals surface area contributed by atoms with Crippen LogP contribution in [0, 0.1) is 0 Å². The van der Waals surface area contributed by atoms with Crippen molar-refractivity contribution in [3.8, 4) is 0 Å². The quantitative estimate of drug-likeness (QED) is 0.164. The van der Waals surface area contributed by atoms with Crippen LogP contribution < -0.4 is 0 Å². The molecular formula is C24H51NO3. The van der Waals surface area contributed by atoms with Crippen molar-refractivity contribution in [1.82, 2.24) is 4.90 Å². The lowest BCUT2D eigenvalue weighted by atomic mass is 10.0. The van der Waals surface area contributed by atoms with Gasteiger partial charge in [-0.3, -0.25) is 4.90 Å². The average Bonchev–Trinajstić information content (AvgIpc) is 2.67. The first-order valence-electron chi connectivity index (χ1n) is 12.4. The van der Waals surface area contributed by atoms with E-state index in [1.165, 1.54) is 70.6 Å². The number of aliphatic hydroxyl groups is 3. The zero-order valence-corrected chi connectivity index (χ0v) is 19.2. The summed E-state index contributed by atoms with van der Waals surface area (Å²) in [6, 6.07) is 0. The second-order valence-corrected chi connectivity index (χ2v) is 8.57. The maximum absolute atomic E-state index is 10.4. The van der Waals surface area contributed by atoms with E-state index >= 15 is 0 Å². The molecule has 0 heterocycles. The van der Waals surface area contributed by atoms with Gasteiger partial charge in [-0.05, 0) is 19.3 Å². The first-order chi connectivity index (χ1) is 13.6. The van der Waals surface area contributed by atoms with Crippen LogP contribution in [0.3, 0.4) is 0 Å². The highest BCUT2D eigenvalue weighted by Crippen LogP contribution is 2.16. The molecule has 0 aromatic heterocycles. The maximum atomic E-state index is 10.4. The minimum absolute atomic E-state index is 0.361. The van der Waals surface area contributed by atoms with Crippen molar-refractivity contribution >= 4 is 0 Å². The molecule has 0 aliphatic heterocycles. The molecule has 0 bridgehead atoms. The highest BCUT2D eigenvalue weighted by atomic mass is 16.3. The largest absolute Gasteiger partial charge is 0.392 e. The fourth-order valence-electron chi connectivity index (χ4n) is 3.85. The van der Waals surface area contributed by atoms with Crippen molar-refractivity contribution in [2.24, 2.45) is 0 Å². The van der Waals surface area contributed by atoms with Gasteiger partial charge in [-0.25, -0.2) is 0 Å². The van der Waals surface area contributed by atoms with E-state index in [1.54, 1.807) is 4.90 Å². The molecule has 0 amide bonds. The Hall–Kier alpha value is -0.160. The van der Waals surface area contributed by atoms with E-state index < -0.39 is 18.6 Å². The molecule has 3 atom stereocenters. The fraction of sp³-hybridized carbons (Fsp3) is 1.00. The lowest BCUT2D eigenvalue weighted by molar-refractivity contribution is -0.122. The van der Waals surface area contributed by atoms with E-state index in [4.69, 9.17) is 0 Å². The molecule has 0 radical (unpaired) electrons. The molecule has 0 spiro atoms. The molecule has 3 unspecified atom stereocenters. The predicted octanol–water partition coefficient (Wildman–Crippen LogP) is 5.98. The van der Waals surface area contributed by atoms with Gasteiger partial charge in [-0.2, -0.15) is 0 Å². The second-order valence-electron chi connectivity index (χ2n) is 8.57. The molecule has 0 aromatic carbocycles. The van der Waals surface area contributed by atoms with Gasteiger partial charge in [-0.1, -0.05) is 111 Å². The van der Waals surface area contributed by atoms with Crippen LogP contribution in [0.2, 0.25) is 0 Å². The Kier molecular flexibility index (Phi) is 20.0. The van der Waals surface area contributed by atoms with Crippen LogP contribution in [0.5, 0.6) is 0 Å². The van der Waals surface area contributed by atoms with Gasteiger partial charge in [0.25, 0.3) is 0 Å². The van der Waals surface area contributed by atoms with Gasteiger partial charge in [0.05, 0.1) is 6.10 Å². The highest BCUT2D eigenvalue weighted by Gasteiger charge is 2.24. The van der Waals surface area contributed by atoms with E-state index in [9.17, 15) is 15.3 Å². The Morgan fingerprint density at radius 3 is 1.29 bits per heavy atom. The smallest absolute Gasteiger partial charge is 0.109 e. The van der Waals surface area contributed by atoms with Crippen molar-refractivity contribution in [3.63, 3.8) is 0 Å². The number of aliphatic hydroxyl groups excluding tert-OH is 3. The summed E-state index contributed by atoms with van der Waals surface area (Å²) in [6.07, 6.45) is 17.7. The Balaban J connectivity index is 3.76. The Morgan fingerprint density at radius 2 is 0.893 bits per heavy atom. The van der Waals surface area contributed by atoms with Gasteiger partial charge in [-0.15, -0.1) is 0 Å². The van der Waals surface area contributed by atoms with Gasteiger partial charge < -0.3 is 15.3 Å². The van der Waals surface area contributed by atoms with Crippen LogP contribution in [0.25, 0.3) is 0 Å². The minimum Gasteiger partial charge on any atom is -0.392 e. The lowest BCUT2D eigenvalue weighted by Crippen LogP contribution is -2.47. The molecule has 0 aromatic rings. The summed E-state index contributed by atoms with van der Waals surface area (Å²) >= 11 is 0. The third kappa shape index (κ3) is 15.7. The minimum atomic E-state index is -0.664. The second kappa shape index (κ2) is 20.1.